The molecule has 0 aliphatic carbocycles. The van der Waals surface area contributed by atoms with E-state index in [0.29, 0.717) is 37.2 Å². The third kappa shape index (κ3) is 3.27. The number of likely N-dealkylation sites (tertiary alicyclic amines) is 1. The summed E-state index contributed by atoms with van der Waals surface area (Å²) in [6.07, 6.45) is 2.78. The molecule has 1 fully saturated rings. The Bertz CT molecular complexity index is 582. The molecule has 21 heavy (non-hydrogen) atoms. The maximum absolute atomic E-state index is 5.29. The molecule has 1 aliphatic rings. The van der Waals surface area contributed by atoms with Gasteiger partial charge >= 0.3 is 0 Å². The van der Waals surface area contributed by atoms with Crippen molar-refractivity contribution in [3.05, 3.63) is 23.4 Å². The Labute approximate surface area is 122 Å². The van der Waals surface area contributed by atoms with Gasteiger partial charge in [0.15, 0.2) is 11.6 Å². The van der Waals surface area contributed by atoms with E-state index in [4.69, 9.17) is 13.8 Å². The van der Waals surface area contributed by atoms with Crippen LogP contribution in [0, 0.1) is 6.92 Å². The summed E-state index contributed by atoms with van der Waals surface area (Å²) in [5.74, 6) is 2.63. The van der Waals surface area contributed by atoms with E-state index in [2.05, 4.69) is 25.2 Å². The number of aryl methyl sites for hydroxylation is 1. The standard InChI is InChI=1S/C13H19N5O3/c1-9-14-13(17-20-9)10-4-3-6-18(10)8-12-15-11(16-21-12)5-7-19-2/h10H,3-8H2,1-2H3/t10-/m0/s1. The summed E-state index contributed by atoms with van der Waals surface area (Å²) in [6, 6.07) is 0.164. The summed E-state index contributed by atoms with van der Waals surface area (Å²) in [6.45, 7) is 3.97. The molecule has 0 amide bonds. The number of nitrogens with zero attached hydrogens (tertiary/aromatic N) is 5. The molecule has 0 spiro atoms. The molecule has 8 heteroatoms. The first-order chi connectivity index (χ1) is 10.3. The summed E-state index contributed by atoms with van der Waals surface area (Å²) >= 11 is 0. The number of rotatable bonds is 6. The van der Waals surface area contributed by atoms with E-state index >= 15 is 0 Å². The first-order valence-corrected chi connectivity index (χ1v) is 7.11. The lowest BCUT2D eigenvalue weighted by Gasteiger charge is -2.19. The molecule has 0 radical (unpaired) electrons. The molecule has 3 heterocycles. The lowest BCUT2D eigenvalue weighted by atomic mass is 10.2. The average Bonchev–Trinajstić information content (AvgIpc) is 3.18. The fourth-order valence-corrected chi connectivity index (χ4v) is 2.58. The molecule has 0 saturated carbocycles. The molecule has 0 unspecified atom stereocenters. The maximum atomic E-state index is 5.29. The van der Waals surface area contributed by atoms with Crippen LogP contribution in [0.25, 0.3) is 0 Å². The minimum absolute atomic E-state index is 0.164. The maximum Gasteiger partial charge on any atom is 0.240 e. The zero-order chi connectivity index (χ0) is 14.7. The predicted molar refractivity (Wildman–Crippen MR) is 71.3 cm³/mol. The van der Waals surface area contributed by atoms with E-state index in [-0.39, 0.29) is 6.04 Å². The smallest absolute Gasteiger partial charge is 0.240 e. The van der Waals surface area contributed by atoms with E-state index in [1.165, 1.54) is 0 Å². The Balaban J connectivity index is 1.64. The van der Waals surface area contributed by atoms with Crippen LogP contribution in [0.1, 0.15) is 42.3 Å². The highest BCUT2D eigenvalue weighted by molar-refractivity contribution is 4.99. The van der Waals surface area contributed by atoms with Crippen molar-refractivity contribution >= 4 is 0 Å². The van der Waals surface area contributed by atoms with Crippen LogP contribution >= 0.6 is 0 Å². The van der Waals surface area contributed by atoms with Gasteiger partial charge in [-0.15, -0.1) is 0 Å². The van der Waals surface area contributed by atoms with E-state index in [9.17, 15) is 0 Å². The minimum Gasteiger partial charge on any atom is -0.384 e. The van der Waals surface area contributed by atoms with Crippen molar-refractivity contribution in [2.75, 3.05) is 20.3 Å². The van der Waals surface area contributed by atoms with Gasteiger partial charge in [0.1, 0.15) is 0 Å². The number of ether oxygens (including phenoxy) is 1. The largest absolute Gasteiger partial charge is 0.384 e. The fraction of sp³-hybridized carbons (Fsp3) is 0.692. The molecular formula is C13H19N5O3. The summed E-state index contributed by atoms with van der Waals surface area (Å²) in [4.78, 5) is 11.0. The first kappa shape index (κ1) is 14.2. The zero-order valence-electron chi connectivity index (χ0n) is 12.3. The van der Waals surface area contributed by atoms with E-state index in [1.807, 2.05) is 0 Å². The second kappa shape index (κ2) is 6.31. The molecule has 2 aromatic rings. The van der Waals surface area contributed by atoms with Crippen LogP contribution in [0.5, 0.6) is 0 Å². The highest BCUT2D eigenvalue weighted by Gasteiger charge is 2.30. The first-order valence-electron chi connectivity index (χ1n) is 7.11. The third-order valence-electron chi connectivity index (χ3n) is 3.58. The van der Waals surface area contributed by atoms with E-state index in [1.54, 1.807) is 14.0 Å². The number of hydrogen-bond donors (Lipinski definition) is 0. The fourth-order valence-electron chi connectivity index (χ4n) is 2.58. The molecule has 0 bridgehead atoms. The van der Waals surface area contributed by atoms with Crippen LogP contribution in [0.3, 0.4) is 0 Å². The van der Waals surface area contributed by atoms with E-state index in [0.717, 1.165) is 25.2 Å². The van der Waals surface area contributed by atoms with Gasteiger partial charge in [-0.1, -0.05) is 10.3 Å². The molecule has 0 N–H and O–H groups in total. The van der Waals surface area contributed by atoms with Crippen molar-refractivity contribution in [1.29, 1.82) is 0 Å². The van der Waals surface area contributed by atoms with Gasteiger partial charge in [0.05, 0.1) is 19.2 Å². The van der Waals surface area contributed by atoms with Gasteiger partial charge in [0, 0.05) is 20.5 Å². The van der Waals surface area contributed by atoms with Gasteiger partial charge < -0.3 is 13.8 Å². The minimum atomic E-state index is 0.164. The highest BCUT2D eigenvalue weighted by Crippen LogP contribution is 2.31. The van der Waals surface area contributed by atoms with Crippen molar-refractivity contribution in [3.63, 3.8) is 0 Å². The Kier molecular flexibility index (Phi) is 4.26. The molecule has 1 saturated heterocycles. The van der Waals surface area contributed by atoms with Gasteiger partial charge in [-0.05, 0) is 19.4 Å². The molecule has 8 nitrogen and oxygen atoms in total. The van der Waals surface area contributed by atoms with Crippen molar-refractivity contribution in [2.45, 2.75) is 38.8 Å². The van der Waals surface area contributed by atoms with Gasteiger partial charge in [-0.2, -0.15) is 9.97 Å². The van der Waals surface area contributed by atoms with Gasteiger partial charge in [0.2, 0.25) is 11.8 Å². The average molecular weight is 293 g/mol. The Morgan fingerprint density at radius 2 is 2.19 bits per heavy atom. The van der Waals surface area contributed by atoms with Crippen LogP contribution < -0.4 is 0 Å². The van der Waals surface area contributed by atoms with Crippen molar-refractivity contribution in [3.8, 4) is 0 Å². The Hall–Kier alpha value is -1.80. The Morgan fingerprint density at radius 3 is 2.95 bits per heavy atom. The van der Waals surface area contributed by atoms with Gasteiger partial charge in [-0.25, -0.2) is 0 Å². The molecule has 114 valence electrons. The van der Waals surface area contributed by atoms with Crippen molar-refractivity contribution in [1.82, 2.24) is 25.2 Å². The lowest BCUT2D eigenvalue weighted by molar-refractivity contribution is 0.198. The van der Waals surface area contributed by atoms with Gasteiger partial charge in [0.25, 0.3) is 0 Å². The normalized spacial score (nSPS) is 19.4. The second-order valence-electron chi connectivity index (χ2n) is 5.15. The van der Waals surface area contributed by atoms with Gasteiger partial charge in [-0.3, -0.25) is 4.90 Å². The number of aromatic nitrogens is 4. The van der Waals surface area contributed by atoms with Crippen LogP contribution in [0.4, 0.5) is 0 Å². The van der Waals surface area contributed by atoms with Crippen LogP contribution in [-0.4, -0.2) is 45.4 Å². The quantitative estimate of drug-likeness (QED) is 0.787. The lowest BCUT2D eigenvalue weighted by Crippen LogP contribution is -2.23. The Morgan fingerprint density at radius 1 is 1.29 bits per heavy atom. The topological polar surface area (TPSA) is 90.3 Å². The monoisotopic (exact) mass is 293 g/mol. The third-order valence-corrected chi connectivity index (χ3v) is 3.58. The summed E-state index contributed by atoms with van der Waals surface area (Å²) in [7, 11) is 1.66. The second-order valence-corrected chi connectivity index (χ2v) is 5.15. The molecule has 2 aromatic heterocycles. The molecule has 1 aliphatic heterocycles. The van der Waals surface area contributed by atoms with Crippen LogP contribution in [0.15, 0.2) is 9.05 Å². The zero-order valence-corrected chi connectivity index (χ0v) is 12.3. The van der Waals surface area contributed by atoms with Crippen molar-refractivity contribution < 1.29 is 13.8 Å². The SMILES string of the molecule is COCCc1noc(CN2CCC[C@H]2c2noc(C)n2)n1. The summed E-state index contributed by atoms with van der Waals surface area (Å²) in [5.41, 5.74) is 0. The summed E-state index contributed by atoms with van der Waals surface area (Å²) < 4.78 is 15.4. The predicted octanol–water partition coefficient (Wildman–Crippen LogP) is 1.29. The molecular weight excluding hydrogens is 274 g/mol. The highest BCUT2D eigenvalue weighted by atomic mass is 16.5. The molecule has 1 atom stereocenters. The molecule has 3 rings (SSSR count). The van der Waals surface area contributed by atoms with Crippen molar-refractivity contribution in [2.24, 2.45) is 0 Å². The van der Waals surface area contributed by atoms with Crippen LogP contribution in [-0.2, 0) is 17.7 Å². The molecule has 0 aromatic carbocycles. The van der Waals surface area contributed by atoms with E-state index < -0.39 is 0 Å². The number of hydrogen-bond acceptors (Lipinski definition) is 8. The number of methoxy groups -OCH3 is 1. The van der Waals surface area contributed by atoms with Crippen LogP contribution in [0.2, 0.25) is 0 Å². The summed E-state index contributed by atoms with van der Waals surface area (Å²) in [5, 5.41) is 7.98.